The fraction of sp³-hybridized carbons (Fsp3) is 0.381. The maximum absolute atomic E-state index is 12.7. The molecule has 0 amide bonds. The molecule has 116 valence electrons. The minimum atomic E-state index is 0.164. The van der Waals surface area contributed by atoms with Crippen LogP contribution >= 0.6 is 0 Å². The second-order valence-corrected chi connectivity index (χ2v) is 7.17. The predicted octanol–water partition coefficient (Wildman–Crippen LogP) is 5.73. The van der Waals surface area contributed by atoms with Gasteiger partial charge >= 0.3 is 0 Å². The van der Waals surface area contributed by atoms with Crippen LogP contribution in [0.15, 0.2) is 60.7 Å². The Bertz CT molecular complexity index is 593. The lowest BCUT2D eigenvalue weighted by atomic mass is 9.70. The van der Waals surface area contributed by atoms with E-state index in [-0.39, 0.29) is 17.1 Å². The second-order valence-electron chi connectivity index (χ2n) is 7.17. The number of ketones is 1. The normalized spacial score (nSPS) is 14.4. The van der Waals surface area contributed by atoms with Crippen molar-refractivity contribution in [1.82, 2.24) is 0 Å². The average Bonchev–Trinajstić information content (AvgIpc) is 2.52. The molecule has 0 aliphatic rings. The first-order valence-corrected chi connectivity index (χ1v) is 8.03. The molecule has 0 spiro atoms. The number of rotatable bonds is 5. The minimum Gasteiger partial charge on any atom is -0.294 e. The van der Waals surface area contributed by atoms with Crippen LogP contribution < -0.4 is 0 Å². The van der Waals surface area contributed by atoms with E-state index >= 15 is 0 Å². The lowest BCUT2D eigenvalue weighted by Gasteiger charge is -2.34. The fourth-order valence-electron chi connectivity index (χ4n) is 2.83. The van der Waals surface area contributed by atoms with E-state index in [9.17, 15) is 4.79 Å². The summed E-state index contributed by atoms with van der Waals surface area (Å²) < 4.78 is 0. The summed E-state index contributed by atoms with van der Waals surface area (Å²) in [4.78, 5) is 12.7. The number of hydrogen-bond donors (Lipinski definition) is 0. The Kier molecular flexibility index (Phi) is 5.18. The molecule has 2 atom stereocenters. The van der Waals surface area contributed by atoms with Crippen LogP contribution in [0.25, 0.3) is 0 Å². The Labute approximate surface area is 134 Å². The van der Waals surface area contributed by atoms with Gasteiger partial charge in [-0.3, -0.25) is 4.79 Å². The maximum Gasteiger partial charge on any atom is 0.163 e. The minimum absolute atomic E-state index is 0.164. The zero-order valence-corrected chi connectivity index (χ0v) is 14.0. The van der Waals surface area contributed by atoms with Crippen molar-refractivity contribution in [3.63, 3.8) is 0 Å². The third-order valence-corrected chi connectivity index (χ3v) is 4.70. The summed E-state index contributed by atoms with van der Waals surface area (Å²) >= 11 is 0. The van der Waals surface area contributed by atoms with E-state index in [2.05, 4.69) is 52.0 Å². The van der Waals surface area contributed by atoms with E-state index in [0.29, 0.717) is 12.3 Å². The molecule has 0 aromatic heterocycles. The van der Waals surface area contributed by atoms with E-state index in [1.165, 1.54) is 5.56 Å². The largest absolute Gasteiger partial charge is 0.294 e. The smallest absolute Gasteiger partial charge is 0.163 e. The van der Waals surface area contributed by atoms with Crippen molar-refractivity contribution in [1.29, 1.82) is 0 Å². The molecule has 0 fully saturated rings. The zero-order valence-electron chi connectivity index (χ0n) is 14.0. The van der Waals surface area contributed by atoms with Crippen LogP contribution in [0, 0.1) is 11.3 Å². The summed E-state index contributed by atoms with van der Waals surface area (Å²) in [6, 6.07) is 20.1. The van der Waals surface area contributed by atoms with Crippen LogP contribution in [-0.4, -0.2) is 5.78 Å². The summed E-state index contributed by atoms with van der Waals surface area (Å²) in [5.74, 6) is 0.891. The van der Waals surface area contributed by atoms with Crippen LogP contribution in [0.4, 0.5) is 0 Å². The molecule has 0 N–H and O–H groups in total. The summed E-state index contributed by atoms with van der Waals surface area (Å²) in [5, 5.41) is 0. The van der Waals surface area contributed by atoms with Crippen LogP contribution in [0.5, 0.6) is 0 Å². The molecule has 0 heterocycles. The predicted molar refractivity (Wildman–Crippen MR) is 93.2 cm³/mol. The van der Waals surface area contributed by atoms with Crippen molar-refractivity contribution in [3.8, 4) is 0 Å². The number of hydrogen-bond acceptors (Lipinski definition) is 1. The molecule has 0 aliphatic carbocycles. The summed E-state index contributed by atoms with van der Waals surface area (Å²) in [5.41, 5.74) is 2.23. The fourth-order valence-corrected chi connectivity index (χ4v) is 2.83. The molecule has 1 nitrogen and oxygen atoms in total. The van der Waals surface area contributed by atoms with E-state index in [0.717, 1.165) is 5.56 Å². The zero-order chi connectivity index (χ0) is 16.2. The molecule has 2 aromatic rings. The summed E-state index contributed by atoms with van der Waals surface area (Å²) in [7, 11) is 0. The lowest BCUT2D eigenvalue weighted by Crippen LogP contribution is -2.26. The molecule has 0 saturated carbocycles. The van der Waals surface area contributed by atoms with Gasteiger partial charge in [-0.15, -0.1) is 0 Å². The first kappa shape index (κ1) is 16.5. The van der Waals surface area contributed by atoms with Gasteiger partial charge < -0.3 is 0 Å². The van der Waals surface area contributed by atoms with Crippen LogP contribution in [0.1, 0.15) is 56.0 Å². The third-order valence-electron chi connectivity index (χ3n) is 4.70. The maximum atomic E-state index is 12.7. The Morgan fingerprint density at radius 2 is 1.41 bits per heavy atom. The van der Waals surface area contributed by atoms with Gasteiger partial charge in [0.1, 0.15) is 0 Å². The highest BCUT2D eigenvalue weighted by Crippen LogP contribution is 2.40. The van der Waals surface area contributed by atoms with Crippen molar-refractivity contribution < 1.29 is 4.79 Å². The van der Waals surface area contributed by atoms with E-state index < -0.39 is 0 Å². The number of carbonyl (C=O) groups excluding carboxylic acids is 1. The number of benzene rings is 2. The standard InChI is InChI=1S/C21H26O/c1-16(21(2,3)4)19(17-11-7-5-8-12-17)15-20(22)18-13-9-6-10-14-18/h5-14,16,19H,15H2,1-4H3/t16-,19-/m1/s1. The van der Waals surface area contributed by atoms with Crippen molar-refractivity contribution in [2.75, 3.05) is 0 Å². The van der Waals surface area contributed by atoms with E-state index in [1.54, 1.807) is 0 Å². The van der Waals surface area contributed by atoms with Gasteiger partial charge in [0.2, 0.25) is 0 Å². The molecule has 0 radical (unpaired) electrons. The highest BCUT2D eigenvalue weighted by Gasteiger charge is 2.31. The van der Waals surface area contributed by atoms with Crippen LogP contribution in [0.2, 0.25) is 0 Å². The molecule has 0 unspecified atom stereocenters. The van der Waals surface area contributed by atoms with E-state index in [4.69, 9.17) is 0 Å². The third kappa shape index (κ3) is 4.07. The topological polar surface area (TPSA) is 17.1 Å². The Morgan fingerprint density at radius 3 is 1.91 bits per heavy atom. The van der Waals surface area contributed by atoms with Crippen LogP contribution in [-0.2, 0) is 0 Å². The monoisotopic (exact) mass is 294 g/mol. The van der Waals surface area contributed by atoms with Gasteiger partial charge in [0.25, 0.3) is 0 Å². The quantitative estimate of drug-likeness (QED) is 0.644. The molecule has 22 heavy (non-hydrogen) atoms. The molecule has 0 bridgehead atoms. The van der Waals surface area contributed by atoms with Crippen LogP contribution in [0.3, 0.4) is 0 Å². The average molecular weight is 294 g/mol. The van der Waals surface area contributed by atoms with Crippen molar-refractivity contribution in [2.24, 2.45) is 11.3 Å². The highest BCUT2D eigenvalue weighted by molar-refractivity contribution is 5.96. The van der Waals surface area contributed by atoms with Gasteiger partial charge in [-0.25, -0.2) is 0 Å². The molecule has 2 aromatic carbocycles. The summed E-state index contributed by atoms with van der Waals surface area (Å²) in [6.45, 7) is 9.01. The van der Waals surface area contributed by atoms with Gasteiger partial charge in [0, 0.05) is 12.0 Å². The molecular weight excluding hydrogens is 268 g/mol. The van der Waals surface area contributed by atoms with Gasteiger partial charge in [-0.05, 0) is 22.8 Å². The highest BCUT2D eigenvalue weighted by atomic mass is 16.1. The Hall–Kier alpha value is -1.89. The molecule has 2 rings (SSSR count). The van der Waals surface area contributed by atoms with Gasteiger partial charge in [0.05, 0.1) is 0 Å². The Balaban J connectivity index is 2.28. The van der Waals surface area contributed by atoms with Gasteiger partial charge in [-0.1, -0.05) is 88.4 Å². The van der Waals surface area contributed by atoms with Crippen molar-refractivity contribution in [3.05, 3.63) is 71.8 Å². The van der Waals surface area contributed by atoms with Gasteiger partial charge in [-0.2, -0.15) is 0 Å². The second kappa shape index (κ2) is 6.91. The lowest BCUT2D eigenvalue weighted by molar-refractivity contribution is 0.0946. The van der Waals surface area contributed by atoms with Gasteiger partial charge in [0.15, 0.2) is 5.78 Å². The molecular formula is C21H26O. The molecule has 1 heteroatoms. The van der Waals surface area contributed by atoms with Crippen molar-refractivity contribution in [2.45, 2.75) is 40.0 Å². The Morgan fingerprint density at radius 1 is 0.909 bits per heavy atom. The van der Waals surface area contributed by atoms with Crippen molar-refractivity contribution >= 4 is 5.78 Å². The number of Topliss-reactive ketones (excluding diaryl/α,β-unsaturated/α-hetero) is 1. The summed E-state index contributed by atoms with van der Waals surface area (Å²) in [6.07, 6.45) is 0.562. The molecule has 0 saturated heterocycles. The SMILES string of the molecule is C[C@H]([C@@H](CC(=O)c1ccccc1)c1ccccc1)C(C)(C)C. The first-order chi connectivity index (χ1) is 10.4. The van der Waals surface area contributed by atoms with E-state index in [1.807, 2.05) is 36.4 Å². The molecule has 0 aliphatic heterocycles. The first-order valence-electron chi connectivity index (χ1n) is 8.03. The number of carbonyl (C=O) groups is 1.